The molecule has 1 aliphatic rings. The molecule has 0 aliphatic heterocycles. The van der Waals surface area contributed by atoms with Crippen LogP contribution in [-0.4, -0.2) is 11.9 Å². The van der Waals surface area contributed by atoms with E-state index in [4.69, 9.17) is 9.47 Å². The van der Waals surface area contributed by atoms with E-state index in [0.29, 0.717) is 23.0 Å². The summed E-state index contributed by atoms with van der Waals surface area (Å²) in [6.45, 7) is 3.61. The molecule has 0 aromatic heterocycles. The molecule has 0 radical (unpaired) electrons. The third-order valence-electron chi connectivity index (χ3n) is 5.34. The summed E-state index contributed by atoms with van der Waals surface area (Å²) in [4.78, 5) is 23.3. The maximum atomic E-state index is 12.3. The molecule has 3 rings (SSSR count). The minimum absolute atomic E-state index is 0.386. The van der Waals surface area contributed by atoms with E-state index in [2.05, 4.69) is 19.1 Å². The van der Waals surface area contributed by atoms with Crippen LogP contribution in [0.3, 0.4) is 0 Å². The van der Waals surface area contributed by atoms with Gasteiger partial charge in [0.1, 0.15) is 11.5 Å². The van der Waals surface area contributed by atoms with E-state index >= 15 is 0 Å². The maximum Gasteiger partial charge on any atom is 0.343 e. The first-order valence-corrected chi connectivity index (χ1v) is 9.65. The van der Waals surface area contributed by atoms with Crippen LogP contribution in [0, 0.1) is 5.92 Å². The fourth-order valence-electron chi connectivity index (χ4n) is 3.70. The highest BCUT2D eigenvalue weighted by Crippen LogP contribution is 2.36. The van der Waals surface area contributed by atoms with Crippen molar-refractivity contribution in [1.29, 1.82) is 0 Å². The molecule has 0 spiro atoms. The first kappa shape index (κ1) is 19.2. The van der Waals surface area contributed by atoms with E-state index in [1.54, 1.807) is 24.3 Å². The summed E-state index contributed by atoms with van der Waals surface area (Å²) >= 11 is 0. The Morgan fingerprint density at radius 3 is 1.93 bits per heavy atom. The normalized spacial score (nSPS) is 19.3. The number of esters is 2. The molecule has 1 saturated carbocycles. The Labute approximate surface area is 160 Å². The quantitative estimate of drug-likeness (QED) is 0.517. The minimum Gasteiger partial charge on any atom is -0.427 e. The van der Waals surface area contributed by atoms with Gasteiger partial charge < -0.3 is 9.47 Å². The molecule has 0 bridgehead atoms. The molecular formula is C23H26O4. The van der Waals surface area contributed by atoms with Gasteiger partial charge in [-0.15, -0.1) is 0 Å². The van der Waals surface area contributed by atoms with Crippen molar-refractivity contribution in [3.8, 4) is 11.5 Å². The molecule has 0 unspecified atom stereocenters. The van der Waals surface area contributed by atoms with Crippen LogP contribution in [-0.2, 0) is 4.79 Å². The van der Waals surface area contributed by atoms with Crippen molar-refractivity contribution in [2.75, 3.05) is 0 Å². The Hall–Kier alpha value is -2.62. The number of hydrogen-bond acceptors (Lipinski definition) is 4. The van der Waals surface area contributed by atoms with Gasteiger partial charge in [-0.3, -0.25) is 4.79 Å². The van der Waals surface area contributed by atoms with Crippen LogP contribution in [0.15, 0.2) is 48.5 Å². The zero-order valence-corrected chi connectivity index (χ0v) is 15.9. The van der Waals surface area contributed by atoms with E-state index in [9.17, 15) is 9.59 Å². The van der Waals surface area contributed by atoms with E-state index in [1.165, 1.54) is 44.6 Å². The Morgan fingerprint density at radius 1 is 0.852 bits per heavy atom. The lowest BCUT2D eigenvalue weighted by Crippen LogP contribution is -2.13. The van der Waals surface area contributed by atoms with Gasteiger partial charge in [-0.1, -0.05) is 25.5 Å². The zero-order chi connectivity index (χ0) is 19.2. The largest absolute Gasteiger partial charge is 0.427 e. The Kier molecular flexibility index (Phi) is 6.28. The van der Waals surface area contributed by atoms with Crippen molar-refractivity contribution in [3.63, 3.8) is 0 Å². The van der Waals surface area contributed by atoms with Crippen molar-refractivity contribution < 1.29 is 19.1 Å². The number of hydrogen-bond donors (Lipinski definition) is 0. The number of ether oxygens (including phenoxy) is 2. The highest BCUT2D eigenvalue weighted by molar-refractivity contribution is 5.91. The summed E-state index contributed by atoms with van der Waals surface area (Å²) in [6.07, 6.45) is 6.34. The van der Waals surface area contributed by atoms with E-state index in [0.717, 1.165) is 5.92 Å². The Balaban J connectivity index is 1.58. The van der Waals surface area contributed by atoms with Crippen molar-refractivity contribution in [2.45, 2.75) is 51.9 Å². The second-order valence-electron chi connectivity index (χ2n) is 7.20. The van der Waals surface area contributed by atoms with Gasteiger partial charge in [-0.05, 0) is 79.5 Å². The summed E-state index contributed by atoms with van der Waals surface area (Å²) in [5, 5.41) is 0. The standard InChI is InChI=1S/C23H26O4/c1-3-17-4-6-18(7-5-17)19-8-10-20(11-9-19)23(25)27-22-14-12-21(13-15-22)26-16(2)24/h8-15,17-18H,3-7H2,1-2H3. The van der Waals surface area contributed by atoms with Gasteiger partial charge in [0.15, 0.2) is 0 Å². The van der Waals surface area contributed by atoms with E-state index in [1.807, 2.05) is 12.1 Å². The third-order valence-corrected chi connectivity index (χ3v) is 5.34. The summed E-state index contributed by atoms with van der Waals surface area (Å²) in [5.41, 5.74) is 1.84. The van der Waals surface area contributed by atoms with Crippen LogP contribution in [0.25, 0.3) is 0 Å². The molecule has 0 saturated heterocycles. The fourth-order valence-corrected chi connectivity index (χ4v) is 3.70. The number of rotatable bonds is 5. The third kappa shape index (κ3) is 5.19. The van der Waals surface area contributed by atoms with Gasteiger partial charge in [0, 0.05) is 6.92 Å². The predicted octanol–water partition coefficient (Wildman–Crippen LogP) is 5.51. The highest BCUT2D eigenvalue weighted by atomic mass is 16.5. The molecule has 0 atom stereocenters. The highest BCUT2D eigenvalue weighted by Gasteiger charge is 2.21. The van der Waals surface area contributed by atoms with Crippen LogP contribution in [0.1, 0.15) is 67.8 Å². The molecule has 1 fully saturated rings. The lowest BCUT2D eigenvalue weighted by Gasteiger charge is -2.28. The van der Waals surface area contributed by atoms with Crippen molar-refractivity contribution in [3.05, 3.63) is 59.7 Å². The summed E-state index contributed by atoms with van der Waals surface area (Å²) in [5.74, 6) is 1.54. The van der Waals surface area contributed by atoms with Crippen molar-refractivity contribution in [1.82, 2.24) is 0 Å². The fraction of sp³-hybridized carbons (Fsp3) is 0.391. The molecular weight excluding hydrogens is 340 g/mol. The van der Waals surface area contributed by atoms with Gasteiger partial charge in [0.2, 0.25) is 0 Å². The summed E-state index contributed by atoms with van der Waals surface area (Å²) in [6, 6.07) is 14.2. The number of carbonyl (C=O) groups excluding carboxylic acids is 2. The van der Waals surface area contributed by atoms with Gasteiger partial charge in [-0.2, -0.15) is 0 Å². The number of benzene rings is 2. The molecule has 27 heavy (non-hydrogen) atoms. The molecule has 142 valence electrons. The molecule has 0 N–H and O–H groups in total. The van der Waals surface area contributed by atoms with E-state index in [-0.39, 0.29) is 5.97 Å². The molecule has 4 heteroatoms. The average molecular weight is 366 g/mol. The molecule has 0 amide bonds. The van der Waals surface area contributed by atoms with Gasteiger partial charge in [0.05, 0.1) is 5.56 Å². The first-order valence-electron chi connectivity index (χ1n) is 9.65. The van der Waals surface area contributed by atoms with Crippen LogP contribution in [0.2, 0.25) is 0 Å². The molecule has 0 heterocycles. The monoisotopic (exact) mass is 366 g/mol. The second kappa shape index (κ2) is 8.85. The van der Waals surface area contributed by atoms with Gasteiger partial charge in [0.25, 0.3) is 0 Å². The van der Waals surface area contributed by atoms with Crippen LogP contribution >= 0.6 is 0 Å². The Morgan fingerprint density at radius 2 is 1.41 bits per heavy atom. The second-order valence-corrected chi connectivity index (χ2v) is 7.20. The van der Waals surface area contributed by atoms with E-state index < -0.39 is 5.97 Å². The average Bonchev–Trinajstić information content (AvgIpc) is 2.69. The van der Waals surface area contributed by atoms with Crippen molar-refractivity contribution >= 4 is 11.9 Å². The first-order chi connectivity index (χ1) is 13.0. The SMILES string of the molecule is CCC1CCC(c2ccc(C(=O)Oc3ccc(OC(C)=O)cc3)cc2)CC1. The zero-order valence-electron chi connectivity index (χ0n) is 15.9. The molecule has 1 aliphatic carbocycles. The predicted molar refractivity (Wildman–Crippen MR) is 104 cm³/mol. The summed E-state index contributed by atoms with van der Waals surface area (Å²) < 4.78 is 10.4. The lowest BCUT2D eigenvalue weighted by molar-refractivity contribution is -0.131. The van der Waals surface area contributed by atoms with Crippen molar-refractivity contribution in [2.24, 2.45) is 5.92 Å². The topological polar surface area (TPSA) is 52.6 Å². The molecule has 2 aromatic rings. The smallest absolute Gasteiger partial charge is 0.343 e. The maximum absolute atomic E-state index is 12.3. The van der Waals surface area contributed by atoms with Crippen LogP contribution in [0.5, 0.6) is 11.5 Å². The molecule has 2 aromatic carbocycles. The molecule has 4 nitrogen and oxygen atoms in total. The van der Waals surface area contributed by atoms with Gasteiger partial charge >= 0.3 is 11.9 Å². The van der Waals surface area contributed by atoms with Gasteiger partial charge in [-0.25, -0.2) is 4.79 Å². The van der Waals surface area contributed by atoms with Crippen LogP contribution in [0.4, 0.5) is 0 Å². The Bertz CT molecular complexity index is 769. The summed E-state index contributed by atoms with van der Waals surface area (Å²) in [7, 11) is 0. The lowest BCUT2D eigenvalue weighted by atomic mass is 9.78. The minimum atomic E-state index is -0.392. The number of carbonyl (C=O) groups is 2. The van der Waals surface area contributed by atoms with Crippen LogP contribution < -0.4 is 9.47 Å².